The highest BCUT2D eigenvalue weighted by atomic mass is 15.1. The third kappa shape index (κ3) is 3.09. The van der Waals surface area contributed by atoms with Gasteiger partial charge >= 0.3 is 0 Å². The van der Waals surface area contributed by atoms with Crippen molar-refractivity contribution in [2.24, 2.45) is 17.6 Å². The maximum Gasteiger partial charge on any atom is 0.122 e. The summed E-state index contributed by atoms with van der Waals surface area (Å²) in [6.45, 7) is 4.72. The van der Waals surface area contributed by atoms with Crippen LogP contribution in [0.15, 0.2) is 24.3 Å². The average molecular weight is 259 g/mol. The summed E-state index contributed by atoms with van der Waals surface area (Å²) in [6, 6.07) is 8.61. The molecule has 0 aliphatic heterocycles. The summed E-state index contributed by atoms with van der Waals surface area (Å²) in [6.07, 6.45) is 3.82. The molecule has 0 bridgehead atoms. The molecular formula is C16H25N3. The van der Waals surface area contributed by atoms with Crippen molar-refractivity contribution >= 4 is 11.5 Å². The lowest BCUT2D eigenvalue weighted by atomic mass is 9.78. The SMILES string of the molecule is CC1CCC(N(C)c2cccc(C(=N)N)c2)CC1C. The van der Waals surface area contributed by atoms with Crippen molar-refractivity contribution in [3.8, 4) is 0 Å². The average Bonchev–Trinajstić information content (AvgIpc) is 2.41. The first-order chi connectivity index (χ1) is 8.99. The Hall–Kier alpha value is -1.51. The van der Waals surface area contributed by atoms with Crippen LogP contribution in [0, 0.1) is 17.2 Å². The second-order valence-electron chi connectivity index (χ2n) is 6.00. The lowest BCUT2D eigenvalue weighted by Gasteiger charge is -2.38. The van der Waals surface area contributed by atoms with E-state index in [0.717, 1.165) is 17.4 Å². The third-order valence-corrected chi connectivity index (χ3v) is 4.68. The van der Waals surface area contributed by atoms with Crippen LogP contribution in [-0.2, 0) is 0 Å². The van der Waals surface area contributed by atoms with Gasteiger partial charge in [-0.05, 0) is 43.2 Å². The van der Waals surface area contributed by atoms with Gasteiger partial charge in [-0.15, -0.1) is 0 Å². The van der Waals surface area contributed by atoms with E-state index in [1.165, 1.54) is 24.9 Å². The van der Waals surface area contributed by atoms with Gasteiger partial charge in [0.05, 0.1) is 0 Å². The first-order valence-electron chi connectivity index (χ1n) is 7.16. The summed E-state index contributed by atoms with van der Waals surface area (Å²) in [5.74, 6) is 1.77. The number of nitrogens with one attached hydrogen (secondary N) is 1. The van der Waals surface area contributed by atoms with Crippen LogP contribution < -0.4 is 10.6 Å². The Morgan fingerprint density at radius 3 is 2.63 bits per heavy atom. The summed E-state index contributed by atoms with van der Waals surface area (Å²) in [4.78, 5) is 2.36. The van der Waals surface area contributed by atoms with Crippen LogP contribution in [0.25, 0.3) is 0 Å². The second-order valence-corrected chi connectivity index (χ2v) is 6.00. The predicted molar refractivity (Wildman–Crippen MR) is 81.8 cm³/mol. The molecule has 1 aromatic rings. The molecule has 3 heteroatoms. The van der Waals surface area contributed by atoms with E-state index < -0.39 is 0 Å². The fraction of sp³-hybridized carbons (Fsp3) is 0.562. The number of nitrogens with zero attached hydrogens (tertiary/aromatic N) is 1. The van der Waals surface area contributed by atoms with E-state index >= 15 is 0 Å². The van der Waals surface area contributed by atoms with Gasteiger partial charge in [0.25, 0.3) is 0 Å². The maximum absolute atomic E-state index is 7.54. The fourth-order valence-electron chi connectivity index (χ4n) is 2.97. The van der Waals surface area contributed by atoms with E-state index in [2.05, 4.69) is 31.9 Å². The molecule has 1 aliphatic rings. The maximum atomic E-state index is 7.54. The van der Waals surface area contributed by atoms with Gasteiger partial charge in [0.2, 0.25) is 0 Å². The zero-order valence-electron chi connectivity index (χ0n) is 12.2. The molecule has 1 aromatic carbocycles. The summed E-state index contributed by atoms with van der Waals surface area (Å²) < 4.78 is 0. The van der Waals surface area contributed by atoms with Crippen molar-refractivity contribution in [2.45, 2.75) is 39.2 Å². The minimum atomic E-state index is 0.140. The standard InChI is InChI=1S/C16H25N3/c1-11-7-8-15(9-12(11)2)19(3)14-6-4-5-13(10-14)16(17)18/h4-6,10-12,15H,7-9H2,1-3H3,(H3,17,18). The monoisotopic (exact) mass is 259 g/mol. The Bertz CT molecular complexity index is 455. The number of rotatable bonds is 3. The summed E-state index contributed by atoms with van der Waals surface area (Å²) in [7, 11) is 2.16. The number of anilines is 1. The number of amidine groups is 1. The van der Waals surface area contributed by atoms with Crippen LogP contribution >= 0.6 is 0 Å². The van der Waals surface area contributed by atoms with Gasteiger partial charge in [0, 0.05) is 24.3 Å². The number of benzene rings is 1. The Morgan fingerprint density at radius 1 is 1.26 bits per heavy atom. The lowest BCUT2D eigenvalue weighted by molar-refractivity contribution is 0.247. The number of nitrogen functional groups attached to an aromatic ring is 1. The van der Waals surface area contributed by atoms with E-state index in [1.54, 1.807) is 0 Å². The Labute approximate surface area is 116 Å². The molecule has 1 fully saturated rings. The van der Waals surface area contributed by atoms with Gasteiger partial charge in [0.15, 0.2) is 0 Å². The Balaban J connectivity index is 2.13. The zero-order chi connectivity index (χ0) is 14.0. The molecule has 0 amide bonds. The highest BCUT2D eigenvalue weighted by Gasteiger charge is 2.27. The molecule has 3 N–H and O–H groups in total. The summed E-state index contributed by atoms with van der Waals surface area (Å²) >= 11 is 0. The van der Waals surface area contributed by atoms with Gasteiger partial charge in [-0.1, -0.05) is 26.0 Å². The first-order valence-corrected chi connectivity index (χ1v) is 7.16. The number of hydrogen-bond acceptors (Lipinski definition) is 2. The molecule has 19 heavy (non-hydrogen) atoms. The van der Waals surface area contributed by atoms with Gasteiger partial charge in [0.1, 0.15) is 5.84 Å². The molecule has 2 rings (SSSR count). The molecule has 3 nitrogen and oxygen atoms in total. The molecule has 1 aliphatic carbocycles. The van der Waals surface area contributed by atoms with Crippen molar-refractivity contribution < 1.29 is 0 Å². The van der Waals surface area contributed by atoms with Crippen LogP contribution in [0.5, 0.6) is 0 Å². The smallest absolute Gasteiger partial charge is 0.122 e. The minimum absolute atomic E-state index is 0.140. The second kappa shape index (κ2) is 5.64. The molecule has 0 aromatic heterocycles. The molecule has 0 radical (unpaired) electrons. The largest absolute Gasteiger partial charge is 0.384 e. The predicted octanol–water partition coefficient (Wildman–Crippen LogP) is 3.23. The molecule has 0 spiro atoms. The zero-order valence-corrected chi connectivity index (χ0v) is 12.2. The van der Waals surface area contributed by atoms with E-state index in [4.69, 9.17) is 11.1 Å². The van der Waals surface area contributed by atoms with Crippen molar-refractivity contribution in [2.75, 3.05) is 11.9 Å². The van der Waals surface area contributed by atoms with Crippen LogP contribution in [-0.4, -0.2) is 18.9 Å². The van der Waals surface area contributed by atoms with Crippen LogP contribution in [0.4, 0.5) is 5.69 Å². The van der Waals surface area contributed by atoms with Crippen molar-refractivity contribution in [1.82, 2.24) is 0 Å². The number of nitrogens with two attached hydrogens (primary N) is 1. The van der Waals surface area contributed by atoms with Crippen LogP contribution in [0.1, 0.15) is 38.7 Å². The van der Waals surface area contributed by atoms with Crippen molar-refractivity contribution in [3.63, 3.8) is 0 Å². The summed E-state index contributed by atoms with van der Waals surface area (Å²) in [5, 5.41) is 7.54. The van der Waals surface area contributed by atoms with E-state index in [1.807, 2.05) is 18.2 Å². The van der Waals surface area contributed by atoms with Gasteiger partial charge < -0.3 is 10.6 Å². The van der Waals surface area contributed by atoms with Crippen LogP contribution in [0.3, 0.4) is 0 Å². The molecular weight excluding hydrogens is 234 g/mol. The van der Waals surface area contributed by atoms with Gasteiger partial charge in [-0.3, -0.25) is 5.41 Å². The third-order valence-electron chi connectivity index (χ3n) is 4.68. The van der Waals surface area contributed by atoms with E-state index in [-0.39, 0.29) is 5.84 Å². The van der Waals surface area contributed by atoms with Crippen molar-refractivity contribution in [3.05, 3.63) is 29.8 Å². The molecule has 104 valence electrons. The normalized spacial score (nSPS) is 27.0. The topological polar surface area (TPSA) is 53.1 Å². The minimum Gasteiger partial charge on any atom is -0.384 e. The van der Waals surface area contributed by atoms with Crippen molar-refractivity contribution in [1.29, 1.82) is 5.41 Å². The molecule has 3 atom stereocenters. The quantitative estimate of drug-likeness (QED) is 0.647. The van der Waals surface area contributed by atoms with E-state index in [0.29, 0.717) is 6.04 Å². The first kappa shape index (κ1) is 13.9. The van der Waals surface area contributed by atoms with Gasteiger partial charge in [-0.25, -0.2) is 0 Å². The number of hydrogen-bond donors (Lipinski definition) is 2. The lowest BCUT2D eigenvalue weighted by Crippen LogP contribution is -2.37. The Kier molecular flexibility index (Phi) is 4.13. The fourth-order valence-corrected chi connectivity index (χ4v) is 2.97. The molecule has 1 saturated carbocycles. The summed E-state index contributed by atoms with van der Waals surface area (Å²) in [5.41, 5.74) is 7.54. The molecule has 0 heterocycles. The van der Waals surface area contributed by atoms with Gasteiger partial charge in [-0.2, -0.15) is 0 Å². The van der Waals surface area contributed by atoms with E-state index in [9.17, 15) is 0 Å². The van der Waals surface area contributed by atoms with Crippen LogP contribution in [0.2, 0.25) is 0 Å². The molecule has 0 saturated heterocycles. The molecule has 3 unspecified atom stereocenters. The highest BCUT2D eigenvalue weighted by Crippen LogP contribution is 2.33. The highest BCUT2D eigenvalue weighted by molar-refractivity contribution is 5.95. The Morgan fingerprint density at radius 2 is 2.00 bits per heavy atom.